The maximum Gasteiger partial charge on any atom is 0.161 e. The van der Waals surface area contributed by atoms with Gasteiger partial charge in [0.2, 0.25) is 0 Å². The van der Waals surface area contributed by atoms with Crippen LogP contribution in [0.3, 0.4) is 0 Å². The first-order chi connectivity index (χ1) is 10.2. The number of nitrogens with one attached hydrogen (secondary N) is 1. The SMILES string of the molecule is CCNC(c1ccc2c(c1)OCCO2)c1sc(C)cc1Br. The quantitative estimate of drug-likeness (QED) is 0.874. The van der Waals surface area contributed by atoms with Crippen LogP contribution >= 0.6 is 27.3 Å². The van der Waals surface area contributed by atoms with Gasteiger partial charge in [0.1, 0.15) is 13.2 Å². The lowest BCUT2D eigenvalue weighted by atomic mass is 10.0. The van der Waals surface area contributed by atoms with Gasteiger partial charge in [-0.15, -0.1) is 11.3 Å². The van der Waals surface area contributed by atoms with E-state index in [1.807, 2.05) is 17.4 Å². The molecule has 112 valence electrons. The summed E-state index contributed by atoms with van der Waals surface area (Å²) in [6, 6.07) is 8.54. The Kier molecular flexibility index (Phi) is 4.52. The third-order valence-electron chi connectivity index (χ3n) is 3.41. The summed E-state index contributed by atoms with van der Waals surface area (Å²) in [6.07, 6.45) is 0. The molecule has 0 amide bonds. The smallest absolute Gasteiger partial charge is 0.161 e. The van der Waals surface area contributed by atoms with Crippen molar-refractivity contribution >= 4 is 27.3 Å². The summed E-state index contributed by atoms with van der Waals surface area (Å²) in [5.41, 5.74) is 1.20. The van der Waals surface area contributed by atoms with Crippen LogP contribution < -0.4 is 14.8 Å². The average Bonchev–Trinajstić information content (AvgIpc) is 2.83. The molecule has 1 aliphatic heterocycles. The first-order valence-electron chi connectivity index (χ1n) is 7.07. The molecule has 1 aliphatic rings. The number of hydrogen-bond donors (Lipinski definition) is 1. The molecule has 0 radical (unpaired) electrons. The molecule has 5 heteroatoms. The van der Waals surface area contributed by atoms with Crippen LogP contribution in [0.25, 0.3) is 0 Å². The van der Waals surface area contributed by atoms with Crippen LogP contribution in [0.1, 0.15) is 28.3 Å². The average molecular weight is 368 g/mol. The molecule has 1 aromatic heterocycles. The Morgan fingerprint density at radius 3 is 2.67 bits per heavy atom. The van der Waals surface area contributed by atoms with Gasteiger partial charge in [0.25, 0.3) is 0 Å². The second kappa shape index (κ2) is 6.38. The highest BCUT2D eigenvalue weighted by molar-refractivity contribution is 9.10. The van der Waals surface area contributed by atoms with Gasteiger partial charge in [0.05, 0.1) is 6.04 Å². The number of fused-ring (bicyclic) bond motifs is 1. The summed E-state index contributed by atoms with van der Waals surface area (Å²) in [4.78, 5) is 2.60. The van der Waals surface area contributed by atoms with Gasteiger partial charge in [-0.25, -0.2) is 0 Å². The molecule has 21 heavy (non-hydrogen) atoms. The Hall–Kier alpha value is -1.04. The van der Waals surface area contributed by atoms with Crippen molar-refractivity contribution in [2.75, 3.05) is 19.8 Å². The Balaban J connectivity index is 1.99. The molecular formula is C16H18BrNO2S. The van der Waals surface area contributed by atoms with E-state index in [0.29, 0.717) is 13.2 Å². The molecule has 0 saturated carbocycles. The lowest BCUT2D eigenvalue weighted by Gasteiger charge is -2.22. The van der Waals surface area contributed by atoms with E-state index in [1.165, 1.54) is 15.3 Å². The molecule has 3 nitrogen and oxygen atoms in total. The number of aryl methyl sites for hydroxylation is 1. The van der Waals surface area contributed by atoms with Crippen LogP contribution in [0.2, 0.25) is 0 Å². The molecule has 1 unspecified atom stereocenters. The van der Waals surface area contributed by atoms with E-state index in [9.17, 15) is 0 Å². The maximum atomic E-state index is 5.70. The van der Waals surface area contributed by atoms with E-state index >= 15 is 0 Å². The molecule has 1 atom stereocenters. The van der Waals surface area contributed by atoms with Crippen molar-refractivity contribution < 1.29 is 9.47 Å². The predicted octanol–water partition coefficient (Wildman–Crippen LogP) is 4.29. The Bertz CT molecular complexity index is 641. The monoisotopic (exact) mass is 367 g/mol. The zero-order chi connectivity index (χ0) is 14.8. The first kappa shape index (κ1) is 14.9. The van der Waals surface area contributed by atoms with Crippen LogP contribution in [-0.2, 0) is 0 Å². The molecule has 2 heterocycles. The molecule has 1 aromatic carbocycles. The van der Waals surface area contributed by atoms with Gasteiger partial charge in [-0.05, 0) is 53.2 Å². The summed E-state index contributed by atoms with van der Waals surface area (Å²) >= 11 is 5.49. The van der Waals surface area contributed by atoms with E-state index < -0.39 is 0 Å². The minimum Gasteiger partial charge on any atom is -0.486 e. The normalized spacial score (nSPS) is 15.0. The summed E-state index contributed by atoms with van der Waals surface area (Å²) in [5, 5.41) is 3.56. The number of benzene rings is 1. The van der Waals surface area contributed by atoms with Crippen LogP contribution in [0, 0.1) is 6.92 Å². The van der Waals surface area contributed by atoms with Gasteiger partial charge in [-0.2, -0.15) is 0 Å². The number of hydrogen-bond acceptors (Lipinski definition) is 4. The molecule has 0 spiro atoms. The maximum absolute atomic E-state index is 5.70. The second-order valence-corrected chi connectivity index (χ2v) is 7.11. The highest BCUT2D eigenvalue weighted by atomic mass is 79.9. The molecule has 0 saturated heterocycles. The first-order valence-corrected chi connectivity index (χ1v) is 8.68. The van der Waals surface area contributed by atoms with Gasteiger partial charge in [-0.3, -0.25) is 0 Å². The van der Waals surface area contributed by atoms with E-state index in [1.54, 1.807) is 0 Å². The Morgan fingerprint density at radius 1 is 1.24 bits per heavy atom. The van der Waals surface area contributed by atoms with Crippen molar-refractivity contribution in [2.24, 2.45) is 0 Å². The zero-order valence-electron chi connectivity index (χ0n) is 12.1. The molecule has 1 N–H and O–H groups in total. The van der Waals surface area contributed by atoms with Crippen molar-refractivity contribution in [3.05, 3.63) is 44.1 Å². The van der Waals surface area contributed by atoms with Crippen molar-refractivity contribution in [1.29, 1.82) is 0 Å². The van der Waals surface area contributed by atoms with Gasteiger partial charge < -0.3 is 14.8 Å². The van der Waals surface area contributed by atoms with Crippen LogP contribution in [0.5, 0.6) is 11.5 Å². The van der Waals surface area contributed by atoms with Gasteiger partial charge in [-0.1, -0.05) is 13.0 Å². The van der Waals surface area contributed by atoms with E-state index in [0.717, 1.165) is 22.5 Å². The third-order valence-corrected chi connectivity index (χ3v) is 5.44. The molecule has 0 fully saturated rings. The Morgan fingerprint density at radius 2 is 2.00 bits per heavy atom. The highest BCUT2D eigenvalue weighted by Gasteiger charge is 2.21. The van der Waals surface area contributed by atoms with Crippen molar-refractivity contribution in [2.45, 2.75) is 19.9 Å². The summed E-state index contributed by atoms with van der Waals surface area (Å²) < 4.78 is 12.5. The number of rotatable bonds is 4. The highest BCUT2D eigenvalue weighted by Crippen LogP contribution is 2.39. The van der Waals surface area contributed by atoms with Crippen LogP contribution in [0.4, 0.5) is 0 Å². The van der Waals surface area contributed by atoms with Gasteiger partial charge in [0.15, 0.2) is 11.5 Å². The minimum absolute atomic E-state index is 0.166. The van der Waals surface area contributed by atoms with E-state index in [2.05, 4.69) is 53.3 Å². The van der Waals surface area contributed by atoms with Gasteiger partial charge in [0, 0.05) is 14.2 Å². The summed E-state index contributed by atoms with van der Waals surface area (Å²) in [6.45, 7) is 6.40. The topological polar surface area (TPSA) is 30.5 Å². The zero-order valence-corrected chi connectivity index (χ0v) is 14.5. The molecule has 3 rings (SSSR count). The lowest BCUT2D eigenvalue weighted by Crippen LogP contribution is -2.22. The van der Waals surface area contributed by atoms with E-state index in [4.69, 9.17) is 9.47 Å². The fourth-order valence-electron chi connectivity index (χ4n) is 2.50. The lowest BCUT2D eigenvalue weighted by molar-refractivity contribution is 0.171. The molecular weight excluding hydrogens is 350 g/mol. The molecule has 0 aliphatic carbocycles. The van der Waals surface area contributed by atoms with Gasteiger partial charge >= 0.3 is 0 Å². The fourth-order valence-corrected chi connectivity index (χ4v) is 4.49. The third kappa shape index (κ3) is 3.10. The van der Waals surface area contributed by atoms with Crippen LogP contribution in [0.15, 0.2) is 28.7 Å². The minimum atomic E-state index is 0.166. The molecule has 2 aromatic rings. The second-order valence-electron chi connectivity index (χ2n) is 4.96. The number of thiophene rings is 1. The Labute approximate surface area is 137 Å². The van der Waals surface area contributed by atoms with Crippen LogP contribution in [-0.4, -0.2) is 19.8 Å². The van der Waals surface area contributed by atoms with E-state index in [-0.39, 0.29) is 6.04 Å². The van der Waals surface area contributed by atoms with Crippen molar-refractivity contribution in [3.63, 3.8) is 0 Å². The predicted molar refractivity (Wildman–Crippen MR) is 89.7 cm³/mol. The van der Waals surface area contributed by atoms with Crippen molar-refractivity contribution in [1.82, 2.24) is 5.32 Å². The standard InChI is InChI=1S/C16H18BrNO2S/c1-3-18-15(16-12(17)8-10(2)21-16)11-4-5-13-14(9-11)20-7-6-19-13/h4-5,8-9,15,18H,3,6-7H2,1-2H3. The summed E-state index contributed by atoms with van der Waals surface area (Å²) in [5.74, 6) is 1.67. The number of halogens is 1. The largest absolute Gasteiger partial charge is 0.486 e. The number of ether oxygens (including phenoxy) is 2. The fraction of sp³-hybridized carbons (Fsp3) is 0.375. The molecule has 0 bridgehead atoms. The van der Waals surface area contributed by atoms with Crippen molar-refractivity contribution in [3.8, 4) is 11.5 Å². The summed E-state index contributed by atoms with van der Waals surface area (Å²) in [7, 11) is 0.